The maximum Gasteiger partial charge on any atom is 0.269 e. The fourth-order valence-electron chi connectivity index (χ4n) is 1.45. The number of hydrogen-bond donors (Lipinski definition) is 1. The lowest BCUT2D eigenvalue weighted by molar-refractivity contribution is -0.384. The van der Waals surface area contributed by atoms with Gasteiger partial charge in [-0.15, -0.1) is 0 Å². The molecule has 94 valence electrons. The average Bonchev–Trinajstić information content (AvgIpc) is 2.35. The standard InChI is InChI=1S/C12H18N2O2S/c1-9(17-3)8-13-10(2)11-5-4-6-12(7-11)14(15)16/h4-7,9-10,13H,8H2,1-3H3. The third kappa shape index (κ3) is 4.36. The first-order valence-corrected chi connectivity index (χ1v) is 6.84. The maximum atomic E-state index is 10.7. The number of nitro benzene ring substituents is 1. The summed E-state index contributed by atoms with van der Waals surface area (Å²) in [7, 11) is 0. The number of hydrogen-bond acceptors (Lipinski definition) is 4. The molecule has 0 saturated heterocycles. The van der Waals surface area contributed by atoms with Crippen molar-refractivity contribution in [3.63, 3.8) is 0 Å². The number of nitrogens with zero attached hydrogens (tertiary/aromatic N) is 1. The van der Waals surface area contributed by atoms with Crippen molar-refractivity contribution in [2.24, 2.45) is 0 Å². The zero-order chi connectivity index (χ0) is 12.8. The fraction of sp³-hybridized carbons (Fsp3) is 0.500. The van der Waals surface area contributed by atoms with Gasteiger partial charge in [0, 0.05) is 30.0 Å². The van der Waals surface area contributed by atoms with Gasteiger partial charge in [-0.05, 0) is 18.7 Å². The number of benzene rings is 1. The van der Waals surface area contributed by atoms with Crippen molar-refractivity contribution in [3.8, 4) is 0 Å². The van der Waals surface area contributed by atoms with Gasteiger partial charge >= 0.3 is 0 Å². The Labute approximate surface area is 106 Å². The highest BCUT2D eigenvalue weighted by molar-refractivity contribution is 7.99. The summed E-state index contributed by atoms with van der Waals surface area (Å²) in [4.78, 5) is 10.3. The van der Waals surface area contributed by atoms with Crippen LogP contribution < -0.4 is 5.32 Å². The SMILES string of the molecule is CSC(C)CNC(C)c1cccc([N+](=O)[O-])c1. The number of nitro groups is 1. The van der Waals surface area contributed by atoms with Gasteiger partial charge in [0.1, 0.15) is 0 Å². The predicted octanol–water partition coefficient (Wildman–Crippen LogP) is 3.00. The second-order valence-corrected chi connectivity index (χ2v) is 5.30. The van der Waals surface area contributed by atoms with Gasteiger partial charge in [-0.25, -0.2) is 0 Å². The molecule has 17 heavy (non-hydrogen) atoms. The van der Waals surface area contributed by atoms with Gasteiger partial charge in [0.15, 0.2) is 0 Å². The van der Waals surface area contributed by atoms with Crippen LogP contribution in [0.5, 0.6) is 0 Å². The summed E-state index contributed by atoms with van der Waals surface area (Å²) < 4.78 is 0. The molecule has 1 aromatic carbocycles. The minimum Gasteiger partial charge on any atom is -0.309 e. The summed E-state index contributed by atoms with van der Waals surface area (Å²) in [5, 5.41) is 14.6. The quantitative estimate of drug-likeness (QED) is 0.626. The summed E-state index contributed by atoms with van der Waals surface area (Å²) in [5.74, 6) is 0. The highest BCUT2D eigenvalue weighted by Crippen LogP contribution is 2.19. The van der Waals surface area contributed by atoms with Crippen LogP contribution in [0.3, 0.4) is 0 Å². The maximum absolute atomic E-state index is 10.7. The van der Waals surface area contributed by atoms with Gasteiger partial charge in [-0.3, -0.25) is 10.1 Å². The summed E-state index contributed by atoms with van der Waals surface area (Å²) in [5.41, 5.74) is 1.10. The molecule has 0 aromatic heterocycles. The molecule has 0 bridgehead atoms. The first-order valence-electron chi connectivity index (χ1n) is 5.55. The molecule has 1 N–H and O–H groups in total. The van der Waals surface area contributed by atoms with Crippen LogP contribution in [-0.2, 0) is 0 Å². The third-order valence-electron chi connectivity index (χ3n) is 2.69. The van der Waals surface area contributed by atoms with E-state index in [0.29, 0.717) is 5.25 Å². The molecule has 2 atom stereocenters. The van der Waals surface area contributed by atoms with Gasteiger partial charge in [0.05, 0.1) is 4.92 Å². The lowest BCUT2D eigenvalue weighted by Crippen LogP contribution is -2.25. The molecule has 0 spiro atoms. The number of nitrogens with one attached hydrogen (secondary N) is 1. The van der Waals surface area contributed by atoms with Gasteiger partial charge in [-0.1, -0.05) is 19.1 Å². The van der Waals surface area contributed by atoms with Crippen molar-refractivity contribution in [1.29, 1.82) is 0 Å². The molecule has 0 saturated carbocycles. The van der Waals surface area contributed by atoms with Crippen LogP contribution in [0, 0.1) is 10.1 Å². The van der Waals surface area contributed by atoms with Crippen molar-refractivity contribution in [1.82, 2.24) is 5.32 Å². The smallest absolute Gasteiger partial charge is 0.269 e. The van der Waals surface area contributed by atoms with Gasteiger partial charge in [0.25, 0.3) is 5.69 Å². The number of thioether (sulfide) groups is 1. The lowest BCUT2D eigenvalue weighted by Gasteiger charge is -2.16. The monoisotopic (exact) mass is 254 g/mol. The molecule has 0 heterocycles. The Balaban J connectivity index is 2.65. The minimum absolute atomic E-state index is 0.129. The molecular weight excluding hydrogens is 236 g/mol. The molecule has 1 aromatic rings. The van der Waals surface area contributed by atoms with E-state index in [1.807, 2.05) is 13.0 Å². The zero-order valence-electron chi connectivity index (χ0n) is 10.3. The molecule has 4 nitrogen and oxygen atoms in total. The van der Waals surface area contributed by atoms with Gasteiger partial charge in [-0.2, -0.15) is 11.8 Å². The Kier molecular flexibility index (Phi) is 5.44. The Hall–Kier alpha value is -1.07. The van der Waals surface area contributed by atoms with Crippen molar-refractivity contribution >= 4 is 17.4 Å². The Morgan fingerprint density at radius 3 is 2.76 bits per heavy atom. The number of rotatable bonds is 6. The number of non-ortho nitro benzene ring substituents is 1. The van der Waals surface area contributed by atoms with E-state index >= 15 is 0 Å². The molecule has 0 fully saturated rings. The van der Waals surface area contributed by atoms with Crippen molar-refractivity contribution in [3.05, 3.63) is 39.9 Å². The van der Waals surface area contributed by atoms with Crippen LogP contribution in [0.25, 0.3) is 0 Å². The van der Waals surface area contributed by atoms with E-state index in [2.05, 4.69) is 18.5 Å². The summed E-state index contributed by atoms with van der Waals surface area (Å²) in [6.45, 7) is 5.06. The van der Waals surface area contributed by atoms with Crippen LogP contribution in [-0.4, -0.2) is 23.0 Å². The second kappa shape index (κ2) is 6.61. The van der Waals surface area contributed by atoms with Crippen LogP contribution in [0.2, 0.25) is 0 Å². The zero-order valence-corrected chi connectivity index (χ0v) is 11.2. The van der Waals surface area contributed by atoms with E-state index in [1.54, 1.807) is 23.9 Å². The van der Waals surface area contributed by atoms with Crippen molar-refractivity contribution in [2.75, 3.05) is 12.8 Å². The first kappa shape index (κ1) is 14.0. The van der Waals surface area contributed by atoms with Crippen LogP contribution in [0.1, 0.15) is 25.5 Å². The van der Waals surface area contributed by atoms with Crippen molar-refractivity contribution in [2.45, 2.75) is 25.1 Å². The largest absolute Gasteiger partial charge is 0.309 e. The summed E-state index contributed by atoms with van der Waals surface area (Å²) in [6.07, 6.45) is 2.07. The molecule has 2 unspecified atom stereocenters. The van der Waals surface area contributed by atoms with E-state index < -0.39 is 0 Å². The van der Waals surface area contributed by atoms with Crippen LogP contribution in [0.4, 0.5) is 5.69 Å². The van der Waals surface area contributed by atoms with E-state index in [4.69, 9.17) is 0 Å². The lowest BCUT2D eigenvalue weighted by atomic mass is 10.1. The van der Waals surface area contributed by atoms with Gasteiger partial charge < -0.3 is 5.32 Å². The van der Waals surface area contributed by atoms with Crippen LogP contribution >= 0.6 is 11.8 Å². The molecule has 1 rings (SSSR count). The Bertz CT molecular complexity index is 385. The molecule has 0 amide bonds. The normalized spacial score (nSPS) is 14.3. The molecule has 0 radical (unpaired) electrons. The van der Waals surface area contributed by atoms with E-state index in [1.165, 1.54) is 6.07 Å². The second-order valence-electron chi connectivity index (χ2n) is 4.03. The van der Waals surface area contributed by atoms with Crippen LogP contribution in [0.15, 0.2) is 24.3 Å². The summed E-state index contributed by atoms with van der Waals surface area (Å²) in [6, 6.07) is 6.91. The minimum atomic E-state index is -0.360. The third-order valence-corrected chi connectivity index (χ3v) is 3.67. The Morgan fingerprint density at radius 2 is 2.18 bits per heavy atom. The van der Waals surface area contributed by atoms with Crippen molar-refractivity contribution < 1.29 is 4.92 Å². The molecule has 0 aliphatic heterocycles. The topological polar surface area (TPSA) is 55.2 Å². The molecule has 5 heteroatoms. The van der Waals surface area contributed by atoms with E-state index in [0.717, 1.165) is 12.1 Å². The molecular formula is C12H18N2O2S. The fourth-order valence-corrected chi connectivity index (χ4v) is 1.71. The first-order chi connectivity index (χ1) is 8.04. The molecule has 0 aliphatic carbocycles. The highest BCUT2D eigenvalue weighted by atomic mass is 32.2. The van der Waals surface area contributed by atoms with E-state index in [9.17, 15) is 10.1 Å². The molecule has 0 aliphatic rings. The summed E-state index contributed by atoms with van der Waals surface area (Å²) >= 11 is 1.80. The average molecular weight is 254 g/mol. The predicted molar refractivity (Wildman–Crippen MR) is 72.5 cm³/mol. The highest BCUT2D eigenvalue weighted by Gasteiger charge is 2.11. The van der Waals surface area contributed by atoms with E-state index in [-0.39, 0.29) is 16.7 Å². The Morgan fingerprint density at radius 1 is 1.47 bits per heavy atom. The van der Waals surface area contributed by atoms with Gasteiger partial charge in [0.2, 0.25) is 0 Å².